The number of nitrogens with zero attached hydrogens (tertiary/aromatic N) is 2. The predicted molar refractivity (Wildman–Crippen MR) is 70.4 cm³/mol. The topological polar surface area (TPSA) is 37.4 Å². The van der Waals surface area contributed by atoms with Crippen LogP contribution in [-0.4, -0.2) is 48.8 Å². The van der Waals surface area contributed by atoms with Crippen molar-refractivity contribution in [3.05, 3.63) is 30.1 Å². The number of likely N-dealkylation sites (N-methyl/N-ethyl adjacent to an activating group) is 1. The molecule has 1 aliphatic carbocycles. The summed E-state index contributed by atoms with van der Waals surface area (Å²) in [5.41, 5.74) is 1.28. The Morgan fingerprint density at radius 3 is 3.06 bits per heavy atom. The van der Waals surface area contributed by atoms with Crippen LogP contribution < -0.4 is 5.32 Å². The van der Waals surface area contributed by atoms with Crippen molar-refractivity contribution in [2.45, 2.75) is 31.0 Å². The number of ether oxygens (including phenoxy) is 1. The molecule has 0 bridgehead atoms. The normalized spacial score (nSPS) is 29.4. The molecule has 2 heterocycles. The van der Waals surface area contributed by atoms with Crippen LogP contribution in [-0.2, 0) is 4.74 Å². The van der Waals surface area contributed by atoms with Gasteiger partial charge in [0.2, 0.25) is 0 Å². The van der Waals surface area contributed by atoms with Gasteiger partial charge in [-0.2, -0.15) is 0 Å². The molecule has 2 fully saturated rings. The third-order valence-corrected chi connectivity index (χ3v) is 3.84. The molecule has 0 spiro atoms. The second kappa shape index (κ2) is 5.34. The van der Waals surface area contributed by atoms with Crippen molar-refractivity contribution in [3.63, 3.8) is 0 Å². The van der Waals surface area contributed by atoms with Crippen LogP contribution in [0.2, 0.25) is 0 Å². The van der Waals surface area contributed by atoms with E-state index in [0.29, 0.717) is 6.04 Å². The standard InChI is InChI=1S/C14H21N3O/c1-15-10-13-14(11-3-2-6-16-9-11)17(7-8-18-13)12-4-5-12/h2-3,6,9,12-15H,4-5,7-8,10H2,1H3. The van der Waals surface area contributed by atoms with E-state index in [1.165, 1.54) is 18.4 Å². The third-order valence-electron chi connectivity index (χ3n) is 3.84. The summed E-state index contributed by atoms with van der Waals surface area (Å²) >= 11 is 0. The van der Waals surface area contributed by atoms with Crippen molar-refractivity contribution in [1.29, 1.82) is 0 Å². The van der Waals surface area contributed by atoms with Gasteiger partial charge in [0.1, 0.15) is 0 Å². The van der Waals surface area contributed by atoms with Gasteiger partial charge in [-0.1, -0.05) is 6.07 Å². The lowest BCUT2D eigenvalue weighted by molar-refractivity contribution is -0.0740. The molecule has 1 aliphatic heterocycles. The van der Waals surface area contributed by atoms with Gasteiger partial charge in [-0.05, 0) is 31.5 Å². The molecule has 1 aromatic heterocycles. The number of morpholine rings is 1. The Morgan fingerprint density at radius 1 is 1.50 bits per heavy atom. The van der Waals surface area contributed by atoms with Gasteiger partial charge in [-0.25, -0.2) is 0 Å². The first-order valence-corrected chi connectivity index (χ1v) is 6.82. The number of hydrogen-bond donors (Lipinski definition) is 1. The number of nitrogens with one attached hydrogen (secondary N) is 1. The van der Waals surface area contributed by atoms with Crippen LogP contribution >= 0.6 is 0 Å². The van der Waals surface area contributed by atoms with E-state index in [1.54, 1.807) is 0 Å². The minimum absolute atomic E-state index is 0.230. The van der Waals surface area contributed by atoms with E-state index < -0.39 is 0 Å². The van der Waals surface area contributed by atoms with Crippen molar-refractivity contribution < 1.29 is 4.74 Å². The zero-order valence-corrected chi connectivity index (χ0v) is 10.9. The zero-order valence-electron chi connectivity index (χ0n) is 10.9. The lowest BCUT2D eigenvalue weighted by Crippen LogP contribution is -2.49. The third kappa shape index (κ3) is 2.41. The van der Waals surface area contributed by atoms with Crippen molar-refractivity contribution in [1.82, 2.24) is 15.2 Å². The predicted octanol–water partition coefficient (Wildman–Crippen LogP) is 1.21. The lowest BCUT2D eigenvalue weighted by atomic mass is 9.99. The van der Waals surface area contributed by atoms with Crippen LogP contribution in [0.1, 0.15) is 24.4 Å². The molecule has 2 unspecified atom stereocenters. The van der Waals surface area contributed by atoms with Crippen molar-refractivity contribution in [2.24, 2.45) is 0 Å². The summed E-state index contributed by atoms with van der Waals surface area (Å²) < 4.78 is 5.96. The molecule has 4 nitrogen and oxygen atoms in total. The smallest absolute Gasteiger partial charge is 0.0897 e. The van der Waals surface area contributed by atoms with Crippen molar-refractivity contribution in [3.8, 4) is 0 Å². The van der Waals surface area contributed by atoms with E-state index in [2.05, 4.69) is 21.3 Å². The summed E-state index contributed by atoms with van der Waals surface area (Å²) in [6.07, 6.45) is 6.72. The SMILES string of the molecule is CNCC1OCCN(C2CC2)C1c1cccnc1. The maximum Gasteiger partial charge on any atom is 0.0897 e. The number of hydrogen-bond acceptors (Lipinski definition) is 4. The molecule has 2 aliphatic rings. The summed E-state index contributed by atoms with van der Waals surface area (Å²) in [7, 11) is 1.99. The maximum absolute atomic E-state index is 5.96. The van der Waals surface area contributed by atoms with Gasteiger partial charge in [0.05, 0.1) is 18.8 Å². The maximum atomic E-state index is 5.96. The zero-order chi connectivity index (χ0) is 12.4. The average molecular weight is 247 g/mol. The average Bonchev–Trinajstić information content (AvgIpc) is 3.24. The van der Waals surface area contributed by atoms with E-state index in [4.69, 9.17) is 4.74 Å². The molecule has 4 heteroatoms. The van der Waals surface area contributed by atoms with Crippen LogP contribution in [0.3, 0.4) is 0 Å². The minimum atomic E-state index is 0.230. The summed E-state index contributed by atoms with van der Waals surface area (Å²) in [6, 6.07) is 5.31. The largest absolute Gasteiger partial charge is 0.374 e. The molecule has 0 radical (unpaired) electrons. The fourth-order valence-electron chi connectivity index (χ4n) is 2.90. The summed E-state index contributed by atoms with van der Waals surface area (Å²) in [5, 5.41) is 3.24. The second-order valence-corrected chi connectivity index (χ2v) is 5.17. The van der Waals surface area contributed by atoms with E-state index >= 15 is 0 Å². The molecule has 0 aromatic carbocycles. The van der Waals surface area contributed by atoms with E-state index in [9.17, 15) is 0 Å². The monoisotopic (exact) mass is 247 g/mol. The summed E-state index contributed by atoms with van der Waals surface area (Å²) in [4.78, 5) is 6.88. The van der Waals surface area contributed by atoms with E-state index in [1.807, 2.05) is 25.5 Å². The molecule has 98 valence electrons. The Morgan fingerprint density at radius 2 is 2.39 bits per heavy atom. The highest BCUT2D eigenvalue weighted by Gasteiger charge is 2.40. The van der Waals surface area contributed by atoms with Gasteiger partial charge in [-0.15, -0.1) is 0 Å². The fraction of sp³-hybridized carbons (Fsp3) is 0.643. The van der Waals surface area contributed by atoms with Crippen LogP contribution in [0, 0.1) is 0 Å². The van der Waals surface area contributed by atoms with Crippen LogP contribution in [0.5, 0.6) is 0 Å². The molecular formula is C14H21N3O. The number of pyridine rings is 1. The Balaban J connectivity index is 1.86. The summed E-state index contributed by atoms with van der Waals surface area (Å²) in [6.45, 7) is 2.78. The molecule has 1 saturated carbocycles. The van der Waals surface area contributed by atoms with Crippen LogP contribution in [0.25, 0.3) is 0 Å². The molecule has 0 amide bonds. The van der Waals surface area contributed by atoms with Gasteiger partial charge in [-0.3, -0.25) is 9.88 Å². The first kappa shape index (κ1) is 12.1. The molecule has 18 heavy (non-hydrogen) atoms. The molecule has 1 saturated heterocycles. The molecular weight excluding hydrogens is 226 g/mol. The van der Waals surface area contributed by atoms with Crippen molar-refractivity contribution >= 4 is 0 Å². The highest BCUT2D eigenvalue weighted by molar-refractivity contribution is 5.18. The Hall–Kier alpha value is -0.970. The minimum Gasteiger partial charge on any atom is -0.374 e. The molecule has 3 rings (SSSR count). The highest BCUT2D eigenvalue weighted by Crippen LogP contribution is 2.38. The van der Waals surface area contributed by atoms with Gasteiger partial charge in [0.15, 0.2) is 0 Å². The molecule has 1 aromatic rings. The van der Waals surface area contributed by atoms with E-state index in [-0.39, 0.29) is 6.10 Å². The van der Waals surface area contributed by atoms with Gasteiger partial charge in [0.25, 0.3) is 0 Å². The van der Waals surface area contributed by atoms with Gasteiger partial charge >= 0.3 is 0 Å². The first-order valence-electron chi connectivity index (χ1n) is 6.82. The highest BCUT2D eigenvalue weighted by atomic mass is 16.5. The second-order valence-electron chi connectivity index (χ2n) is 5.17. The van der Waals surface area contributed by atoms with Crippen LogP contribution in [0.15, 0.2) is 24.5 Å². The number of aromatic nitrogens is 1. The van der Waals surface area contributed by atoms with Gasteiger partial charge < -0.3 is 10.1 Å². The van der Waals surface area contributed by atoms with Crippen molar-refractivity contribution in [2.75, 3.05) is 26.7 Å². The fourth-order valence-corrected chi connectivity index (χ4v) is 2.90. The Bertz CT molecular complexity index is 378. The summed E-state index contributed by atoms with van der Waals surface area (Å²) in [5.74, 6) is 0. The Labute approximate surface area is 108 Å². The molecule has 2 atom stereocenters. The van der Waals surface area contributed by atoms with Crippen LogP contribution in [0.4, 0.5) is 0 Å². The Kier molecular flexibility index (Phi) is 3.59. The quantitative estimate of drug-likeness (QED) is 0.867. The van der Waals surface area contributed by atoms with E-state index in [0.717, 1.165) is 25.7 Å². The first-order chi connectivity index (χ1) is 8.90. The lowest BCUT2D eigenvalue weighted by Gasteiger charge is -2.41. The molecule has 1 N–H and O–H groups in total. The van der Waals surface area contributed by atoms with Gasteiger partial charge in [0, 0.05) is 31.5 Å². The number of rotatable bonds is 4.